The number of carbonyl (C=O) groups is 2. The highest BCUT2D eigenvalue weighted by Gasteiger charge is 2.08. The third-order valence-electron chi connectivity index (χ3n) is 2.57. The molecule has 0 unspecified atom stereocenters. The van der Waals surface area contributed by atoms with Gasteiger partial charge in [-0.15, -0.1) is 0 Å². The van der Waals surface area contributed by atoms with Crippen LogP contribution in [-0.2, 0) is 16.1 Å². The first kappa shape index (κ1) is 16.5. The predicted molar refractivity (Wildman–Crippen MR) is 74.5 cm³/mol. The summed E-state index contributed by atoms with van der Waals surface area (Å²) < 4.78 is 4.80. The Morgan fingerprint density at radius 2 is 2.24 bits per heavy atom. The number of hydrogen-bond donors (Lipinski definition) is 2. The Bertz CT molecular complexity index is 539. The van der Waals surface area contributed by atoms with Crippen LogP contribution in [0, 0.1) is 11.3 Å². The maximum absolute atomic E-state index is 11.8. The van der Waals surface area contributed by atoms with Gasteiger partial charge in [0.2, 0.25) is 0 Å². The van der Waals surface area contributed by atoms with Crippen molar-refractivity contribution >= 4 is 12.0 Å². The normalized spacial score (nSPS) is 9.71. The number of nitriles is 1. The minimum Gasteiger partial charge on any atom is -0.480 e. The number of carboxylic acid groups (broad SMARTS) is 1. The lowest BCUT2D eigenvalue weighted by atomic mass is 10.1. The van der Waals surface area contributed by atoms with Gasteiger partial charge < -0.3 is 20.1 Å². The van der Waals surface area contributed by atoms with Crippen LogP contribution < -0.4 is 5.32 Å². The van der Waals surface area contributed by atoms with Crippen molar-refractivity contribution in [3.05, 3.63) is 35.4 Å². The first-order valence-corrected chi connectivity index (χ1v) is 6.30. The fourth-order valence-corrected chi connectivity index (χ4v) is 1.61. The summed E-state index contributed by atoms with van der Waals surface area (Å²) >= 11 is 0. The van der Waals surface area contributed by atoms with Gasteiger partial charge in [-0.05, 0) is 17.7 Å². The smallest absolute Gasteiger partial charge is 0.329 e. The van der Waals surface area contributed by atoms with Gasteiger partial charge in [0, 0.05) is 20.1 Å². The highest BCUT2D eigenvalue weighted by atomic mass is 16.5. The molecule has 21 heavy (non-hydrogen) atoms. The number of hydrogen-bond acceptors (Lipinski definition) is 4. The minimum absolute atomic E-state index is 0.135. The summed E-state index contributed by atoms with van der Waals surface area (Å²) in [6, 6.07) is 8.77. The maximum Gasteiger partial charge on any atom is 0.329 e. The molecule has 0 aliphatic heterocycles. The molecular formula is C14H17N3O4. The number of carboxylic acids is 1. The van der Waals surface area contributed by atoms with Gasteiger partial charge in [-0.1, -0.05) is 12.1 Å². The van der Waals surface area contributed by atoms with E-state index in [1.54, 1.807) is 25.2 Å². The van der Waals surface area contributed by atoms with Crippen LogP contribution in [0.2, 0.25) is 0 Å². The number of amides is 2. The Morgan fingerprint density at radius 1 is 1.48 bits per heavy atom. The van der Waals surface area contributed by atoms with E-state index in [0.29, 0.717) is 12.1 Å². The fourth-order valence-electron chi connectivity index (χ4n) is 1.61. The molecule has 2 N–H and O–H groups in total. The Kier molecular flexibility index (Phi) is 6.71. The Labute approximate surface area is 122 Å². The monoisotopic (exact) mass is 291 g/mol. The van der Waals surface area contributed by atoms with Crippen molar-refractivity contribution < 1.29 is 19.4 Å². The Hall–Kier alpha value is -2.59. The lowest BCUT2D eigenvalue weighted by molar-refractivity contribution is -0.142. The lowest BCUT2D eigenvalue weighted by Crippen LogP contribution is -2.38. The van der Waals surface area contributed by atoms with Crippen molar-refractivity contribution in [3.8, 4) is 6.07 Å². The second kappa shape index (κ2) is 8.55. The second-order valence-electron chi connectivity index (χ2n) is 4.35. The Balaban J connectivity index is 2.34. The first-order valence-electron chi connectivity index (χ1n) is 6.30. The van der Waals surface area contributed by atoms with Crippen LogP contribution in [0.3, 0.4) is 0 Å². The number of ether oxygens (including phenoxy) is 1. The number of benzene rings is 1. The molecule has 0 aromatic heterocycles. The highest BCUT2D eigenvalue weighted by Crippen LogP contribution is 2.06. The molecule has 0 spiro atoms. The molecule has 0 aliphatic rings. The van der Waals surface area contributed by atoms with Gasteiger partial charge in [0.1, 0.15) is 6.61 Å². The van der Waals surface area contributed by atoms with Crippen molar-refractivity contribution in [1.82, 2.24) is 10.2 Å². The number of carbonyl (C=O) groups excluding carboxylic acids is 1. The first-order chi connectivity index (χ1) is 10.0. The highest BCUT2D eigenvalue weighted by molar-refractivity contribution is 5.73. The molecule has 7 nitrogen and oxygen atoms in total. The molecule has 2 amide bonds. The third-order valence-corrected chi connectivity index (χ3v) is 2.57. The van der Waals surface area contributed by atoms with Gasteiger partial charge in [-0.3, -0.25) is 0 Å². The summed E-state index contributed by atoms with van der Waals surface area (Å²) in [7, 11) is 1.63. The predicted octanol–water partition coefficient (Wildman–Crippen LogP) is 0.801. The molecule has 0 heterocycles. The minimum atomic E-state index is -1.05. The van der Waals surface area contributed by atoms with E-state index in [1.165, 1.54) is 4.90 Å². The molecule has 1 rings (SSSR count). The van der Waals surface area contributed by atoms with E-state index in [-0.39, 0.29) is 25.8 Å². The molecular weight excluding hydrogens is 274 g/mol. The van der Waals surface area contributed by atoms with Crippen molar-refractivity contribution in [2.75, 3.05) is 26.8 Å². The van der Waals surface area contributed by atoms with E-state index in [1.807, 2.05) is 12.1 Å². The molecule has 0 fully saturated rings. The summed E-state index contributed by atoms with van der Waals surface area (Å²) in [4.78, 5) is 23.5. The molecule has 0 radical (unpaired) electrons. The van der Waals surface area contributed by atoms with E-state index in [9.17, 15) is 9.59 Å². The summed E-state index contributed by atoms with van der Waals surface area (Å²) in [6.45, 7) is 0.356. The van der Waals surface area contributed by atoms with Crippen LogP contribution in [0.4, 0.5) is 4.79 Å². The van der Waals surface area contributed by atoms with Crippen LogP contribution in [0.5, 0.6) is 0 Å². The van der Waals surface area contributed by atoms with Crippen LogP contribution in [0.25, 0.3) is 0 Å². The van der Waals surface area contributed by atoms with E-state index in [2.05, 4.69) is 5.32 Å². The Morgan fingerprint density at radius 3 is 2.90 bits per heavy atom. The van der Waals surface area contributed by atoms with Crippen molar-refractivity contribution in [2.45, 2.75) is 6.54 Å². The molecule has 1 aromatic rings. The number of nitrogens with zero attached hydrogens (tertiary/aromatic N) is 2. The summed E-state index contributed by atoms with van der Waals surface area (Å²) in [5.74, 6) is -1.05. The van der Waals surface area contributed by atoms with Crippen molar-refractivity contribution in [3.63, 3.8) is 0 Å². The molecule has 0 atom stereocenters. The van der Waals surface area contributed by atoms with Crippen molar-refractivity contribution in [1.29, 1.82) is 5.26 Å². The number of urea groups is 1. The zero-order chi connectivity index (χ0) is 15.7. The van der Waals surface area contributed by atoms with E-state index in [4.69, 9.17) is 15.1 Å². The average molecular weight is 291 g/mol. The zero-order valence-corrected chi connectivity index (χ0v) is 11.7. The van der Waals surface area contributed by atoms with Crippen LogP contribution in [0.15, 0.2) is 24.3 Å². The van der Waals surface area contributed by atoms with E-state index < -0.39 is 5.97 Å². The number of rotatable bonds is 7. The second-order valence-corrected chi connectivity index (χ2v) is 4.35. The van der Waals surface area contributed by atoms with Crippen LogP contribution >= 0.6 is 0 Å². The van der Waals surface area contributed by atoms with Gasteiger partial charge in [0.25, 0.3) is 0 Å². The van der Waals surface area contributed by atoms with E-state index >= 15 is 0 Å². The zero-order valence-electron chi connectivity index (χ0n) is 11.7. The summed E-state index contributed by atoms with van der Waals surface area (Å²) in [5.41, 5.74) is 1.40. The standard InChI is InChI=1S/C14H17N3O4/c1-17(9-12-4-2-3-11(7-12)8-15)14(20)16-5-6-21-10-13(18)19/h2-4,7H,5-6,9-10H2,1H3,(H,16,20)(H,18,19). The van der Waals surface area contributed by atoms with Crippen molar-refractivity contribution in [2.24, 2.45) is 0 Å². The molecule has 0 saturated heterocycles. The SMILES string of the molecule is CN(Cc1cccc(C#N)c1)C(=O)NCCOCC(=O)O. The molecule has 0 saturated carbocycles. The van der Waals surface area contributed by atoms with Gasteiger partial charge in [-0.25, -0.2) is 9.59 Å². The fraction of sp³-hybridized carbons (Fsp3) is 0.357. The number of aliphatic carboxylic acids is 1. The van der Waals surface area contributed by atoms with Gasteiger partial charge in [-0.2, -0.15) is 5.26 Å². The topological polar surface area (TPSA) is 103 Å². The van der Waals surface area contributed by atoms with Crippen LogP contribution in [0.1, 0.15) is 11.1 Å². The van der Waals surface area contributed by atoms with Crippen LogP contribution in [-0.4, -0.2) is 48.8 Å². The quantitative estimate of drug-likeness (QED) is 0.723. The van der Waals surface area contributed by atoms with Gasteiger partial charge >= 0.3 is 12.0 Å². The summed E-state index contributed by atoms with van der Waals surface area (Å²) in [6.07, 6.45) is 0. The van der Waals surface area contributed by atoms with Gasteiger partial charge in [0.05, 0.1) is 18.2 Å². The maximum atomic E-state index is 11.8. The van der Waals surface area contributed by atoms with Gasteiger partial charge in [0.15, 0.2) is 0 Å². The molecule has 0 aliphatic carbocycles. The summed E-state index contributed by atoms with van der Waals surface area (Å²) in [5, 5.41) is 19.8. The third kappa shape index (κ3) is 6.40. The largest absolute Gasteiger partial charge is 0.480 e. The average Bonchev–Trinajstić information content (AvgIpc) is 2.46. The molecule has 7 heteroatoms. The number of nitrogens with one attached hydrogen (secondary N) is 1. The lowest BCUT2D eigenvalue weighted by Gasteiger charge is -2.18. The molecule has 1 aromatic carbocycles. The van der Waals surface area contributed by atoms with E-state index in [0.717, 1.165) is 5.56 Å². The molecule has 112 valence electrons. The molecule has 0 bridgehead atoms.